The molecule has 1 heterocycles. The Kier molecular flexibility index (Phi) is 6.23. The van der Waals surface area contributed by atoms with E-state index in [9.17, 15) is 4.79 Å². The molecule has 21 heavy (non-hydrogen) atoms. The van der Waals surface area contributed by atoms with Gasteiger partial charge in [-0.25, -0.2) is 0 Å². The number of carbonyl (C=O) groups excluding carboxylic acids is 1. The molecule has 0 saturated carbocycles. The lowest BCUT2D eigenvalue weighted by Crippen LogP contribution is -2.24. The fraction of sp³-hybridized carbons (Fsp3) is 0.214. The van der Waals surface area contributed by atoms with E-state index in [2.05, 4.69) is 27.4 Å². The van der Waals surface area contributed by atoms with Crippen molar-refractivity contribution in [1.82, 2.24) is 15.5 Å². The molecule has 2 aromatic rings. The minimum Gasteiger partial charge on any atom is -0.356 e. The Balaban J connectivity index is 1.76. The van der Waals surface area contributed by atoms with Crippen LogP contribution in [-0.4, -0.2) is 28.4 Å². The minimum atomic E-state index is -0.0334. The molecule has 0 fully saturated rings. The summed E-state index contributed by atoms with van der Waals surface area (Å²) in [6, 6.07) is 10.1. The quantitative estimate of drug-likeness (QED) is 0.578. The highest BCUT2D eigenvalue weighted by molar-refractivity contribution is 8.01. The number of carbonyl (C=O) groups is 1. The summed E-state index contributed by atoms with van der Waals surface area (Å²) in [4.78, 5) is 11.5. The van der Waals surface area contributed by atoms with Crippen molar-refractivity contribution < 1.29 is 4.79 Å². The summed E-state index contributed by atoms with van der Waals surface area (Å²) in [6.07, 6.45) is 1.65. The maximum Gasteiger partial charge on any atom is 0.230 e. The number of rotatable bonds is 8. The average Bonchev–Trinajstić information content (AvgIpc) is 2.98. The van der Waals surface area contributed by atoms with Gasteiger partial charge in [0, 0.05) is 13.1 Å². The van der Waals surface area contributed by atoms with Gasteiger partial charge >= 0.3 is 0 Å². The summed E-state index contributed by atoms with van der Waals surface area (Å²) in [5.41, 5.74) is 1.19. The third-order valence-electron chi connectivity index (χ3n) is 2.46. The van der Waals surface area contributed by atoms with Crippen LogP contribution in [0, 0.1) is 0 Å². The number of nitrogens with zero attached hydrogens (tertiary/aromatic N) is 2. The van der Waals surface area contributed by atoms with Gasteiger partial charge in [-0.3, -0.25) is 4.79 Å². The second kappa shape index (κ2) is 8.43. The second-order valence-corrected chi connectivity index (χ2v) is 6.29. The predicted octanol–water partition coefficient (Wildman–Crippen LogP) is 2.54. The first-order valence-electron chi connectivity index (χ1n) is 6.39. The molecule has 0 atom stereocenters. The number of anilines is 1. The highest BCUT2D eigenvalue weighted by Crippen LogP contribution is 2.25. The van der Waals surface area contributed by atoms with Crippen LogP contribution in [0.5, 0.6) is 0 Å². The van der Waals surface area contributed by atoms with E-state index in [1.165, 1.54) is 28.7 Å². The van der Waals surface area contributed by atoms with Gasteiger partial charge in [0.25, 0.3) is 0 Å². The first kappa shape index (κ1) is 15.5. The largest absolute Gasteiger partial charge is 0.356 e. The van der Waals surface area contributed by atoms with E-state index in [4.69, 9.17) is 0 Å². The van der Waals surface area contributed by atoms with E-state index < -0.39 is 0 Å². The van der Waals surface area contributed by atoms with Gasteiger partial charge in [0.05, 0.1) is 5.75 Å². The second-order valence-electron chi connectivity index (χ2n) is 4.09. The molecular formula is C14H16N4OS2. The van der Waals surface area contributed by atoms with Crippen LogP contribution in [0.25, 0.3) is 0 Å². The number of benzene rings is 1. The summed E-state index contributed by atoms with van der Waals surface area (Å²) in [5, 5.41) is 14.8. The van der Waals surface area contributed by atoms with Gasteiger partial charge < -0.3 is 10.6 Å². The van der Waals surface area contributed by atoms with Crippen molar-refractivity contribution in [2.75, 3.05) is 17.6 Å². The molecule has 0 aliphatic heterocycles. The normalized spacial score (nSPS) is 10.1. The maximum absolute atomic E-state index is 11.5. The van der Waals surface area contributed by atoms with Crippen LogP contribution in [0.2, 0.25) is 0 Å². The van der Waals surface area contributed by atoms with Crippen LogP contribution in [0.3, 0.4) is 0 Å². The Morgan fingerprint density at radius 2 is 2.14 bits per heavy atom. The van der Waals surface area contributed by atoms with E-state index in [1.807, 2.05) is 30.3 Å². The van der Waals surface area contributed by atoms with Crippen molar-refractivity contribution in [3.8, 4) is 0 Å². The minimum absolute atomic E-state index is 0.0334. The van der Waals surface area contributed by atoms with Crippen LogP contribution < -0.4 is 10.6 Å². The van der Waals surface area contributed by atoms with Crippen LogP contribution >= 0.6 is 23.1 Å². The zero-order valence-electron chi connectivity index (χ0n) is 11.4. The Bertz CT molecular complexity index is 586. The highest BCUT2D eigenvalue weighted by atomic mass is 32.2. The fourth-order valence-electron chi connectivity index (χ4n) is 1.48. The van der Waals surface area contributed by atoms with E-state index in [0.29, 0.717) is 18.8 Å². The van der Waals surface area contributed by atoms with Crippen molar-refractivity contribution in [1.29, 1.82) is 0 Å². The maximum atomic E-state index is 11.5. The number of amides is 1. The molecule has 110 valence electrons. The highest BCUT2D eigenvalue weighted by Gasteiger charge is 2.07. The lowest BCUT2D eigenvalue weighted by Gasteiger charge is -2.01. The molecule has 0 radical (unpaired) electrons. The SMILES string of the molecule is C=CCNC(=O)CSc1nnc(NCc2ccccc2)s1. The van der Waals surface area contributed by atoms with Gasteiger partial charge in [0.2, 0.25) is 11.0 Å². The topological polar surface area (TPSA) is 66.9 Å². The van der Waals surface area contributed by atoms with Crippen LogP contribution in [0.4, 0.5) is 5.13 Å². The standard InChI is InChI=1S/C14H16N4OS2/c1-2-8-15-12(19)10-20-14-18-17-13(21-14)16-9-11-6-4-3-5-7-11/h2-7H,1,8-10H2,(H,15,19)(H,16,17). The molecule has 0 aliphatic carbocycles. The smallest absolute Gasteiger partial charge is 0.230 e. The first-order chi connectivity index (χ1) is 10.3. The van der Waals surface area contributed by atoms with Crippen molar-refractivity contribution in [3.63, 3.8) is 0 Å². The lowest BCUT2D eigenvalue weighted by molar-refractivity contribution is -0.118. The summed E-state index contributed by atoms with van der Waals surface area (Å²) in [5.74, 6) is 0.301. The number of aromatic nitrogens is 2. The summed E-state index contributed by atoms with van der Waals surface area (Å²) < 4.78 is 0.777. The van der Waals surface area contributed by atoms with E-state index in [1.54, 1.807) is 6.08 Å². The molecule has 7 heteroatoms. The van der Waals surface area contributed by atoms with Crippen molar-refractivity contribution in [2.24, 2.45) is 0 Å². The third-order valence-corrected chi connectivity index (χ3v) is 4.48. The monoisotopic (exact) mass is 320 g/mol. The van der Waals surface area contributed by atoms with Gasteiger partial charge in [-0.1, -0.05) is 59.5 Å². The van der Waals surface area contributed by atoms with Crippen molar-refractivity contribution >= 4 is 34.1 Å². The number of thioether (sulfide) groups is 1. The lowest BCUT2D eigenvalue weighted by atomic mass is 10.2. The molecule has 0 bridgehead atoms. The zero-order chi connectivity index (χ0) is 14.9. The molecule has 1 amide bonds. The molecular weight excluding hydrogens is 304 g/mol. The molecule has 0 aliphatic rings. The van der Waals surface area contributed by atoms with Gasteiger partial charge in [-0.05, 0) is 5.56 Å². The van der Waals surface area contributed by atoms with Crippen LogP contribution in [0.1, 0.15) is 5.56 Å². The van der Waals surface area contributed by atoms with E-state index >= 15 is 0 Å². The summed E-state index contributed by atoms with van der Waals surface area (Å²) in [7, 11) is 0. The van der Waals surface area contributed by atoms with Gasteiger partial charge in [0.15, 0.2) is 4.34 Å². The zero-order valence-corrected chi connectivity index (χ0v) is 13.0. The number of nitrogens with one attached hydrogen (secondary N) is 2. The Labute approximate surface area is 131 Å². The number of hydrogen-bond acceptors (Lipinski definition) is 6. The fourth-order valence-corrected chi connectivity index (χ4v) is 3.05. The Morgan fingerprint density at radius 3 is 2.90 bits per heavy atom. The van der Waals surface area contributed by atoms with E-state index in [0.717, 1.165) is 9.47 Å². The van der Waals surface area contributed by atoms with Gasteiger partial charge in [-0.15, -0.1) is 16.8 Å². The molecule has 0 unspecified atom stereocenters. The molecule has 2 rings (SSSR count). The number of hydrogen-bond donors (Lipinski definition) is 2. The van der Waals surface area contributed by atoms with Crippen molar-refractivity contribution in [2.45, 2.75) is 10.9 Å². The summed E-state index contributed by atoms with van der Waals surface area (Å²) >= 11 is 2.83. The molecule has 0 saturated heterocycles. The van der Waals surface area contributed by atoms with Crippen LogP contribution in [0.15, 0.2) is 47.3 Å². The molecule has 5 nitrogen and oxygen atoms in total. The average molecular weight is 320 g/mol. The molecule has 0 spiro atoms. The first-order valence-corrected chi connectivity index (χ1v) is 8.20. The van der Waals surface area contributed by atoms with Crippen LogP contribution in [-0.2, 0) is 11.3 Å². The van der Waals surface area contributed by atoms with Crippen molar-refractivity contribution in [3.05, 3.63) is 48.6 Å². The van der Waals surface area contributed by atoms with E-state index in [-0.39, 0.29) is 5.91 Å². The predicted molar refractivity (Wildman–Crippen MR) is 87.6 cm³/mol. The van der Waals surface area contributed by atoms with Gasteiger partial charge in [0.1, 0.15) is 0 Å². The molecule has 1 aromatic carbocycles. The Hall–Kier alpha value is -1.86. The molecule has 1 aromatic heterocycles. The molecule has 2 N–H and O–H groups in total. The summed E-state index contributed by atoms with van der Waals surface area (Å²) in [6.45, 7) is 4.74. The Morgan fingerprint density at radius 1 is 1.33 bits per heavy atom. The third kappa shape index (κ3) is 5.57. The van der Waals surface area contributed by atoms with Gasteiger partial charge in [-0.2, -0.15) is 0 Å².